The first-order chi connectivity index (χ1) is 46.0. The molecule has 10 rings (SSSR count). The Morgan fingerprint density at radius 1 is 0.265 bits per heavy atom. The van der Waals surface area contributed by atoms with Crippen molar-refractivity contribution >= 4 is 23.1 Å². The van der Waals surface area contributed by atoms with Crippen molar-refractivity contribution in [3.05, 3.63) is 263 Å². The molecule has 0 aliphatic heterocycles. The van der Waals surface area contributed by atoms with E-state index >= 15 is 4.57 Å². The van der Waals surface area contributed by atoms with Gasteiger partial charge in [0.25, 0.3) is 0 Å². The summed E-state index contributed by atoms with van der Waals surface area (Å²) in [5.74, 6) is 5.06. The van der Waals surface area contributed by atoms with Crippen molar-refractivity contribution in [1.82, 2.24) is 0 Å². The lowest BCUT2D eigenvalue weighted by atomic mass is 9.79. The van der Waals surface area contributed by atoms with Crippen LogP contribution in [0.5, 0.6) is 34.5 Å². The first-order valence-electron chi connectivity index (χ1n) is 35.1. The summed E-state index contributed by atoms with van der Waals surface area (Å²) in [6, 6.07) is 56.4. The van der Waals surface area contributed by atoms with E-state index < -0.39 is 7.14 Å². The van der Waals surface area contributed by atoms with Crippen molar-refractivity contribution in [1.29, 1.82) is 0 Å². The van der Waals surface area contributed by atoms with Crippen LogP contribution in [0.4, 0.5) is 0 Å². The molecule has 516 valence electrons. The SMILES string of the molecule is COc1c2cc(C(C)(C)C)cc1Cc1cc(C(C)(C)C)cc(c1OC)Cc1cc(C(C)(C)C)cc(c1OC)Cc1cc(C(C)(C)C)cc(c1OCc1ccc(P(=O)(c3ccccc3)c3ccccc3)cc1)Cc1cc(C(C)(C)C)cc(c1OC)Cc1cc(C(C)(C)C)cc(c1OC)C2. The zero-order valence-corrected chi connectivity index (χ0v) is 64.2. The summed E-state index contributed by atoms with van der Waals surface area (Å²) < 4.78 is 57.0. The molecule has 0 fully saturated rings. The molecule has 1 aliphatic carbocycles. The highest BCUT2D eigenvalue weighted by Gasteiger charge is 2.33. The van der Waals surface area contributed by atoms with Gasteiger partial charge < -0.3 is 33.0 Å². The Morgan fingerprint density at radius 3 is 0.633 bits per heavy atom. The number of fused-ring (bicyclic) bond motifs is 12. The van der Waals surface area contributed by atoms with Crippen LogP contribution >= 0.6 is 7.14 Å². The number of hydrogen-bond donors (Lipinski definition) is 0. The van der Waals surface area contributed by atoms with E-state index in [2.05, 4.69) is 210 Å². The average molecular weight is 1330 g/mol. The summed E-state index contributed by atoms with van der Waals surface area (Å²) in [5, 5.41) is 2.36. The van der Waals surface area contributed by atoms with Crippen LogP contribution in [0.2, 0.25) is 0 Å². The average Bonchev–Trinajstić information content (AvgIpc) is 0.775. The van der Waals surface area contributed by atoms with Gasteiger partial charge in [0.1, 0.15) is 41.1 Å². The third-order valence-corrected chi connectivity index (χ3v) is 23.0. The maximum absolute atomic E-state index is 15.7. The van der Waals surface area contributed by atoms with Gasteiger partial charge in [0.15, 0.2) is 7.14 Å². The van der Waals surface area contributed by atoms with Crippen molar-refractivity contribution in [3.8, 4) is 34.5 Å². The molecule has 0 saturated heterocycles. The number of hydrogen-bond acceptors (Lipinski definition) is 7. The summed E-state index contributed by atoms with van der Waals surface area (Å²) in [5.41, 5.74) is 19.9. The van der Waals surface area contributed by atoms with Gasteiger partial charge in [-0.2, -0.15) is 0 Å². The Balaban J connectivity index is 1.27. The van der Waals surface area contributed by atoms with Crippen molar-refractivity contribution in [2.45, 2.75) is 202 Å². The number of methoxy groups -OCH3 is 5. The topological polar surface area (TPSA) is 72.5 Å². The molecule has 9 aromatic rings. The molecule has 0 heterocycles. The molecule has 9 aromatic carbocycles. The van der Waals surface area contributed by atoms with Gasteiger partial charge in [0.05, 0.1) is 35.5 Å². The molecular formula is C90H109O7P. The Labute approximate surface area is 588 Å². The van der Waals surface area contributed by atoms with Crippen LogP contribution in [0.1, 0.15) is 230 Å². The summed E-state index contributed by atoms with van der Waals surface area (Å²) >= 11 is 0. The minimum absolute atomic E-state index is 0.184. The lowest BCUT2D eigenvalue weighted by Gasteiger charge is -2.28. The van der Waals surface area contributed by atoms with Gasteiger partial charge in [-0.1, -0.05) is 282 Å². The van der Waals surface area contributed by atoms with Crippen LogP contribution in [-0.4, -0.2) is 35.5 Å². The number of rotatable bonds is 11. The fraction of sp³-hybridized carbons (Fsp3) is 0.400. The zero-order chi connectivity index (χ0) is 71.2. The summed E-state index contributed by atoms with van der Waals surface area (Å²) in [6.07, 6.45) is 3.27. The van der Waals surface area contributed by atoms with Crippen molar-refractivity contribution in [3.63, 3.8) is 0 Å². The van der Waals surface area contributed by atoms with Gasteiger partial charge in [-0.05, 0) is 138 Å². The number of benzene rings is 9. The molecule has 0 N–H and O–H groups in total. The smallest absolute Gasteiger partial charge is 0.171 e. The van der Waals surface area contributed by atoms with Crippen LogP contribution in [0.25, 0.3) is 0 Å². The molecule has 0 radical (unpaired) electrons. The predicted octanol–water partition coefficient (Wildman–Crippen LogP) is 20.6. The molecular weight excluding hydrogens is 1220 g/mol. The molecule has 98 heavy (non-hydrogen) atoms. The van der Waals surface area contributed by atoms with Gasteiger partial charge in [-0.25, -0.2) is 0 Å². The van der Waals surface area contributed by atoms with Gasteiger partial charge in [-0.3, -0.25) is 0 Å². The highest BCUT2D eigenvalue weighted by atomic mass is 31.2. The van der Waals surface area contributed by atoms with Crippen LogP contribution in [0.15, 0.2) is 158 Å². The van der Waals surface area contributed by atoms with E-state index in [0.29, 0.717) is 38.5 Å². The molecule has 0 aromatic heterocycles. The monoisotopic (exact) mass is 1330 g/mol. The van der Waals surface area contributed by atoms with Gasteiger partial charge >= 0.3 is 0 Å². The highest BCUT2D eigenvalue weighted by Crippen LogP contribution is 2.47. The van der Waals surface area contributed by atoms with Gasteiger partial charge in [0, 0.05) is 54.4 Å². The third kappa shape index (κ3) is 15.5. The van der Waals surface area contributed by atoms with E-state index in [-0.39, 0.29) is 39.1 Å². The molecule has 0 unspecified atom stereocenters. The van der Waals surface area contributed by atoms with Crippen molar-refractivity contribution < 1.29 is 33.0 Å². The number of ether oxygens (including phenoxy) is 6. The van der Waals surface area contributed by atoms with E-state index in [0.717, 1.165) is 123 Å². The normalized spacial score (nSPS) is 13.5. The van der Waals surface area contributed by atoms with E-state index in [1.54, 1.807) is 0 Å². The first kappa shape index (κ1) is 72.7. The maximum atomic E-state index is 15.7. The fourth-order valence-corrected chi connectivity index (χ4v) is 16.8. The van der Waals surface area contributed by atoms with E-state index in [4.69, 9.17) is 28.4 Å². The standard InChI is InChI=1S/C90H109O7P/c1-85(2,3)70-44-58-38-60-46-71(86(4,5)6)48-62(80(60)93-20)40-64-50-73(88(10,11)12)52-66(82(64)95-22)42-68-54-75(90(16,17)18)55-69(84(68)97-56-57-34-36-78(37-35-57)98(91,76-30-26-24-27-31-76)77-32-28-25-29-33-77)43-67-53-74(89(13,14)15)51-65(83(67)96-23)41-63-49-72(87(7,8)9)47-61(81(63)94-21)39-59(45-70)79(58)92-19/h24-37,44-55H,38-43,56H2,1-23H3. The largest absolute Gasteiger partial charge is 0.496 e. The summed E-state index contributed by atoms with van der Waals surface area (Å²) in [7, 11) is 5.88. The summed E-state index contributed by atoms with van der Waals surface area (Å²) in [4.78, 5) is 0. The zero-order valence-electron chi connectivity index (χ0n) is 63.3. The summed E-state index contributed by atoms with van der Waals surface area (Å²) in [6.45, 7) is 41.7. The molecule has 0 saturated carbocycles. The second-order valence-electron chi connectivity index (χ2n) is 33.6. The van der Waals surface area contributed by atoms with Gasteiger partial charge in [-0.15, -0.1) is 0 Å². The molecule has 7 nitrogen and oxygen atoms in total. The van der Waals surface area contributed by atoms with Crippen molar-refractivity contribution in [2.24, 2.45) is 0 Å². The second-order valence-corrected chi connectivity index (χ2v) is 36.3. The minimum atomic E-state index is -3.23. The molecule has 8 heteroatoms. The van der Waals surface area contributed by atoms with Crippen LogP contribution in [0.3, 0.4) is 0 Å². The van der Waals surface area contributed by atoms with Crippen LogP contribution in [0, 0.1) is 0 Å². The van der Waals surface area contributed by atoms with Crippen LogP contribution < -0.4 is 44.3 Å². The quantitative estimate of drug-likeness (QED) is 0.119. The Hall–Kier alpha value is -7.99. The van der Waals surface area contributed by atoms with E-state index in [1.807, 2.05) is 108 Å². The molecule has 12 bridgehead atoms. The highest BCUT2D eigenvalue weighted by molar-refractivity contribution is 7.85. The predicted molar refractivity (Wildman–Crippen MR) is 411 cm³/mol. The van der Waals surface area contributed by atoms with E-state index in [1.165, 1.54) is 33.4 Å². The van der Waals surface area contributed by atoms with E-state index in [9.17, 15) is 0 Å². The molecule has 1 aliphatic rings. The minimum Gasteiger partial charge on any atom is -0.496 e. The van der Waals surface area contributed by atoms with Gasteiger partial charge in [0.2, 0.25) is 0 Å². The first-order valence-corrected chi connectivity index (χ1v) is 36.8. The lowest BCUT2D eigenvalue weighted by Crippen LogP contribution is -2.25. The molecule has 0 spiro atoms. The Morgan fingerprint density at radius 2 is 0.449 bits per heavy atom. The van der Waals surface area contributed by atoms with Crippen LogP contribution in [-0.2, 0) is 82.2 Å². The fourth-order valence-electron chi connectivity index (χ4n) is 14.1. The second kappa shape index (κ2) is 28.0. The Bertz CT molecular complexity index is 4180. The molecule has 0 amide bonds. The lowest BCUT2D eigenvalue weighted by molar-refractivity contribution is 0.300. The molecule has 0 atom stereocenters. The Kier molecular flexibility index (Phi) is 20.8. The van der Waals surface area contributed by atoms with Crippen molar-refractivity contribution in [2.75, 3.05) is 35.5 Å². The third-order valence-electron chi connectivity index (χ3n) is 19.9. The maximum Gasteiger partial charge on any atom is 0.171 e.